The molecule has 0 unspecified atom stereocenters. The minimum Gasteiger partial charge on any atom is -0.506 e. The van der Waals surface area contributed by atoms with E-state index in [1.807, 2.05) is 33.3 Å². The molecule has 3 heterocycles. The molecule has 3 aromatic rings. The molecule has 0 radical (unpaired) electrons. The molecule has 29 heavy (non-hydrogen) atoms. The number of carboxylic acid groups (broad SMARTS) is 1. The first kappa shape index (κ1) is 20.8. The summed E-state index contributed by atoms with van der Waals surface area (Å²) in [5.74, 6) is -1.37. The number of aromatic amines is 1. The summed E-state index contributed by atoms with van der Waals surface area (Å²) in [5.41, 5.74) is 2.05. The Morgan fingerprint density at radius 2 is 2.03 bits per heavy atom. The van der Waals surface area contributed by atoms with E-state index in [1.165, 1.54) is 0 Å². The van der Waals surface area contributed by atoms with Crippen molar-refractivity contribution in [1.29, 1.82) is 0 Å². The quantitative estimate of drug-likeness (QED) is 0.601. The molecule has 0 spiro atoms. The van der Waals surface area contributed by atoms with Crippen molar-refractivity contribution >= 4 is 29.3 Å². The Labute approximate surface area is 172 Å². The number of hydrogen-bond donors (Lipinski definition) is 3. The third-order valence-electron chi connectivity index (χ3n) is 5.10. The topological polar surface area (TPSA) is 108 Å². The first-order chi connectivity index (χ1) is 13.3. The second-order valence-electron chi connectivity index (χ2n) is 7.27. The number of carbonyl (C=O) groups is 1. The van der Waals surface area contributed by atoms with Gasteiger partial charge in [-0.25, -0.2) is 4.79 Å². The lowest BCUT2D eigenvalue weighted by atomic mass is 9.99. The summed E-state index contributed by atoms with van der Waals surface area (Å²) in [5, 5.41) is 20.6. The highest BCUT2D eigenvalue weighted by molar-refractivity contribution is 5.94. The van der Waals surface area contributed by atoms with Gasteiger partial charge >= 0.3 is 5.97 Å². The van der Waals surface area contributed by atoms with Crippen LogP contribution in [0, 0.1) is 0 Å². The second kappa shape index (κ2) is 7.46. The molecule has 0 aliphatic carbocycles. The highest BCUT2D eigenvalue weighted by atomic mass is 35.5. The first-order valence-electron chi connectivity index (χ1n) is 8.89. The molecule has 0 amide bonds. The number of H-pyrrole nitrogens is 1. The second-order valence-corrected chi connectivity index (χ2v) is 7.27. The molecule has 1 aliphatic heterocycles. The normalized spacial score (nSPS) is 12.7. The molecule has 3 N–H and O–H groups in total. The zero-order valence-corrected chi connectivity index (χ0v) is 17.1. The number of carboxylic acids is 1. The average molecular weight is 420 g/mol. The van der Waals surface area contributed by atoms with Gasteiger partial charge in [0.25, 0.3) is 5.56 Å². The number of fused-ring (bicyclic) bond motifs is 4. The van der Waals surface area contributed by atoms with Gasteiger partial charge in [-0.1, -0.05) is 0 Å². The van der Waals surface area contributed by atoms with E-state index in [4.69, 9.17) is 4.74 Å². The third kappa shape index (κ3) is 3.34. The van der Waals surface area contributed by atoms with Crippen LogP contribution in [0.4, 0.5) is 0 Å². The molecule has 0 bridgehead atoms. The Morgan fingerprint density at radius 3 is 2.69 bits per heavy atom. The summed E-state index contributed by atoms with van der Waals surface area (Å²) in [7, 11) is 5.99. The SMILES string of the molecule is CN(C)Cc1cc2cc3c(cc2n1C)OCCc1c-3[nH]c(=O)c(C(=O)O)c1O.Cl. The first-order valence-corrected chi connectivity index (χ1v) is 8.89. The van der Waals surface area contributed by atoms with Crippen molar-refractivity contribution in [3.63, 3.8) is 0 Å². The number of nitrogens with zero attached hydrogens (tertiary/aromatic N) is 2. The molecule has 0 fully saturated rings. The van der Waals surface area contributed by atoms with Gasteiger partial charge in [0, 0.05) is 48.3 Å². The lowest BCUT2D eigenvalue weighted by Crippen LogP contribution is -2.20. The zero-order valence-electron chi connectivity index (χ0n) is 16.3. The zero-order chi connectivity index (χ0) is 20.2. The number of benzene rings is 1. The highest BCUT2D eigenvalue weighted by Crippen LogP contribution is 2.40. The number of aromatic nitrogens is 2. The lowest BCUT2D eigenvalue weighted by Gasteiger charge is -2.12. The predicted octanol–water partition coefficient (Wildman–Crippen LogP) is 2.36. The lowest BCUT2D eigenvalue weighted by molar-refractivity contribution is 0.0691. The molecule has 154 valence electrons. The molecule has 4 rings (SSSR count). The van der Waals surface area contributed by atoms with Crippen molar-refractivity contribution in [3.05, 3.63) is 45.4 Å². The average Bonchev–Trinajstić information content (AvgIpc) is 2.79. The molecule has 0 atom stereocenters. The number of aryl methyl sites for hydroxylation is 1. The Kier molecular flexibility index (Phi) is 5.34. The van der Waals surface area contributed by atoms with Gasteiger partial charge < -0.3 is 29.4 Å². The van der Waals surface area contributed by atoms with Gasteiger partial charge in [0.15, 0.2) is 5.56 Å². The standard InChI is InChI=1S/C20H21N3O5.ClH/c1-22(2)9-11-6-10-7-13-15(8-14(10)23(11)3)28-5-4-12-17(13)21-19(25)16(18(12)24)20(26)27;/h6-8H,4-5,9H2,1-3H3,(H,26,27)(H2,21,24,25);1H. The summed E-state index contributed by atoms with van der Waals surface area (Å²) in [4.78, 5) is 28.3. The molecule has 0 saturated carbocycles. The van der Waals surface area contributed by atoms with Crippen molar-refractivity contribution in [2.45, 2.75) is 13.0 Å². The van der Waals surface area contributed by atoms with Crippen LogP contribution < -0.4 is 10.3 Å². The Bertz CT molecular complexity index is 1180. The van der Waals surface area contributed by atoms with E-state index in [9.17, 15) is 19.8 Å². The number of aromatic hydroxyl groups is 1. The van der Waals surface area contributed by atoms with E-state index in [1.54, 1.807) is 0 Å². The van der Waals surface area contributed by atoms with Crippen molar-refractivity contribution in [3.8, 4) is 22.8 Å². The van der Waals surface area contributed by atoms with Crippen LogP contribution >= 0.6 is 12.4 Å². The Morgan fingerprint density at radius 1 is 1.31 bits per heavy atom. The van der Waals surface area contributed by atoms with Crippen LogP contribution in [0.15, 0.2) is 23.0 Å². The summed E-state index contributed by atoms with van der Waals surface area (Å²) in [6.45, 7) is 1.03. The molecule has 8 nitrogen and oxygen atoms in total. The van der Waals surface area contributed by atoms with Crippen LogP contribution in [-0.2, 0) is 20.0 Å². The van der Waals surface area contributed by atoms with Crippen LogP contribution in [0.1, 0.15) is 21.6 Å². The maximum absolute atomic E-state index is 12.3. The minimum atomic E-state index is -1.46. The van der Waals surface area contributed by atoms with Gasteiger partial charge in [-0.05, 0) is 26.2 Å². The number of ether oxygens (including phenoxy) is 1. The predicted molar refractivity (Wildman–Crippen MR) is 111 cm³/mol. The maximum atomic E-state index is 12.3. The number of halogens is 1. The van der Waals surface area contributed by atoms with Crippen LogP contribution in [-0.4, -0.2) is 51.3 Å². The smallest absolute Gasteiger partial charge is 0.345 e. The molecule has 1 aliphatic rings. The number of rotatable bonds is 3. The molecule has 9 heteroatoms. The summed E-state index contributed by atoms with van der Waals surface area (Å²) in [6, 6.07) is 5.90. The van der Waals surface area contributed by atoms with Gasteiger partial charge in [0.05, 0.1) is 17.8 Å². The molecular formula is C20H22ClN3O5. The van der Waals surface area contributed by atoms with Gasteiger partial charge in [0.2, 0.25) is 0 Å². The number of hydrogen-bond acceptors (Lipinski definition) is 5. The Balaban J connectivity index is 0.00000240. The van der Waals surface area contributed by atoms with E-state index in [-0.39, 0.29) is 25.4 Å². The molecular weight excluding hydrogens is 398 g/mol. The molecule has 2 aromatic heterocycles. The number of nitrogens with one attached hydrogen (secondary N) is 1. The fourth-order valence-corrected chi connectivity index (χ4v) is 3.78. The highest BCUT2D eigenvalue weighted by Gasteiger charge is 2.26. The summed E-state index contributed by atoms with van der Waals surface area (Å²) < 4.78 is 7.97. The van der Waals surface area contributed by atoms with Crippen molar-refractivity contribution in [2.24, 2.45) is 7.05 Å². The van der Waals surface area contributed by atoms with E-state index < -0.39 is 22.8 Å². The molecule has 1 aromatic carbocycles. The van der Waals surface area contributed by atoms with Crippen molar-refractivity contribution in [1.82, 2.24) is 14.5 Å². The monoisotopic (exact) mass is 419 g/mol. The van der Waals surface area contributed by atoms with Gasteiger partial charge in [-0.2, -0.15) is 0 Å². The van der Waals surface area contributed by atoms with Crippen LogP contribution in [0.5, 0.6) is 11.5 Å². The van der Waals surface area contributed by atoms with Crippen molar-refractivity contribution < 1.29 is 19.7 Å². The maximum Gasteiger partial charge on any atom is 0.345 e. The van der Waals surface area contributed by atoms with Gasteiger partial charge in [-0.15, -0.1) is 12.4 Å². The largest absolute Gasteiger partial charge is 0.506 e. The van der Waals surface area contributed by atoms with Crippen LogP contribution in [0.25, 0.3) is 22.2 Å². The van der Waals surface area contributed by atoms with E-state index >= 15 is 0 Å². The van der Waals surface area contributed by atoms with E-state index in [0.29, 0.717) is 22.6 Å². The van der Waals surface area contributed by atoms with E-state index in [0.717, 1.165) is 23.1 Å². The number of pyridine rings is 1. The fourth-order valence-electron chi connectivity index (χ4n) is 3.78. The number of aromatic carboxylic acids is 1. The van der Waals surface area contributed by atoms with Crippen LogP contribution in [0.3, 0.4) is 0 Å². The van der Waals surface area contributed by atoms with Crippen LogP contribution in [0.2, 0.25) is 0 Å². The molecule has 0 saturated heterocycles. The Hall–Kier alpha value is -2.97. The summed E-state index contributed by atoms with van der Waals surface area (Å²) >= 11 is 0. The van der Waals surface area contributed by atoms with Crippen molar-refractivity contribution in [2.75, 3.05) is 20.7 Å². The third-order valence-corrected chi connectivity index (χ3v) is 5.10. The van der Waals surface area contributed by atoms with E-state index in [2.05, 4.69) is 20.5 Å². The van der Waals surface area contributed by atoms with Gasteiger partial charge in [-0.3, -0.25) is 4.79 Å². The summed E-state index contributed by atoms with van der Waals surface area (Å²) in [6.07, 6.45) is 0.287. The van der Waals surface area contributed by atoms with Gasteiger partial charge in [0.1, 0.15) is 11.5 Å². The minimum absolute atomic E-state index is 0. The fraction of sp³-hybridized carbons (Fsp3) is 0.300.